The highest BCUT2D eigenvalue weighted by Gasteiger charge is 2.40. The van der Waals surface area contributed by atoms with Crippen LogP contribution < -0.4 is 5.32 Å². The smallest absolute Gasteiger partial charge is 0.336 e. The van der Waals surface area contributed by atoms with Gasteiger partial charge in [-0.2, -0.15) is 0 Å². The standard InChI is InChI=1S/C34H38N2O4S/c1-23-15-16-28(41-23)31-29(32(37)39-4)24(2)35-25(3)30(31)33(38)40-22-21-36-19-17-34(18-20-36,26-11-7-5-8-12-26)27-13-9-6-10-14-27/h5-16,31,35H,17-22H2,1-4H3. The van der Waals surface area contributed by atoms with Crippen LogP contribution in [0.15, 0.2) is 95.3 Å². The lowest BCUT2D eigenvalue weighted by Gasteiger charge is -2.43. The minimum Gasteiger partial charge on any atom is -0.466 e. The van der Waals surface area contributed by atoms with Crippen LogP contribution in [0.4, 0.5) is 0 Å². The van der Waals surface area contributed by atoms with E-state index in [2.05, 4.69) is 70.9 Å². The molecule has 0 radical (unpaired) electrons. The molecule has 1 N–H and O–H groups in total. The lowest BCUT2D eigenvalue weighted by molar-refractivity contribution is -0.140. The largest absolute Gasteiger partial charge is 0.466 e. The minimum absolute atomic E-state index is 0.0219. The normalized spacial score (nSPS) is 19.1. The second kappa shape index (κ2) is 12.5. The number of likely N-dealkylation sites (tertiary alicyclic amines) is 1. The summed E-state index contributed by atoms with van der Waals surface area (Å²) in [6.07, 6.45) is 1.99. The number of allylic oxidation sites excluding steroid dienone is 2. The molecule has 5 rings (SSSR count). The van der Waals surface area contributed by atoms with E-state index in [1.165, 1.54) is 18.2 Å². The molecule has 41 heavy (non-hydrogen) atoms. The molecule has 1 atom stereocenters. The molecule has 0 spiro atoms. The summed E-state index contributed by atoms with van der Waals surface area (Å²) >= 11 is 1.57. The third-order valence-corrected chi connectivity index (χ3v) is 9.50. The molecule has 0 amide bonds. The summed E-state index contributed by atoms with van der Waals surface area (Å²) in [7, 11) is 1.37. The second-order valence-electron chi connectivity index (χ2n) is 10.9. The molecular formula is C34H38N2O4S. The number of hydrogen-bond donors (Lipinski definition) is 1. The van der Waals surface area contributed by atoms with Crippen molar-refractivity contribution in [3.63, 3.8) is 0 Å². The van der Waals surface area contributed by atoms with Crippen molar-refractivity contribution in [2.45, 2.75) is 44.9 Å². The van der Waals surface area contributed by atoms with E-state index >= 15 is 0 Å². The number of ether oxygens (including phenoxy) is 2. The Kier molecular flexibility index (Phi) is 8.76. The van der Waals surface area contributed by atoms with Gasteiger partial charge < -0.3 is 14.8 Å². The van der Waals surface area contributed by atoms with Crippen LogP contribution in [0, 0.1) is 6.92 Å². The third kappa shape index (κ3) is 5.88. The molecule has 1 fully saturated rings. The Morgan fingerprint density at radius 1 is 0.854 bits per heavy atom. The predicted octanol–water partition coefficient (Wildman–Crippen LogP) is 6.09. The molecule has 1 aromatic heterocycles. The van der Waals surface area contributed by atoms with E-state index in [4.69, 9.17) is 9.47 Å². The number of esters is 2. The first-order chi connectivity index (χ1) is 19.8. The SMILES string of the molecule is COC(=O)C1=C(C)NC(C)=C(C(=O)OCCN2CCC(c3ccccc3)(c3ccccc3)CC2)C1c1ccc(C)s1. The Morgan fingerprint density at radius 3 is 1.93 bits per heavy atom. The molecule has 214 valence electrons. The van der Waals surface area contributed by atoms with Gasteiger partial charge in [0.25, 0.3) is 0 Å². The molecule has 3 heterocycles. The summed E-state index contributed by atoms with van der Waals surface area (Å²) in [4.78, 5) is 30.8. The molecule has 1 unspecified atom stereocenters. The summed E-state index contributed by atoms with van der Waals surface area (Å²) in [5.41, 5.74) is 4.98. The zero-order chi connectivity index (χ0) is 29.0. The molecule has 1 saturated heterocycles. The fraction of sp³-hybridized carbons (Fsp3) is 0.353. The number of carbonyl (C=O) groups is 2. The average molecular weight is 571 g/mol. The Bertz CT molecular complexity index is 1410. The summed E-state index contributed by atoms with van der Waals surface area (Å²) in [5.74, 6) is -1.38. The van der Waals surface area contributed by atoms with Gasteiger partial charge in [0.15, 0.2) is 0 Å². The highest BCUT2D eigenvalue weighted by molar-refractivity contribution is 7.12. The van der Waals surface area contributed by atoms with E-state index in [1.54, 1.807) is 11.3 Å². The maximum atomic E-state index is 13.6. The van der Waals surface area contributed by atoms with Crippen molar-refractivity contribution in [2.24, 2.45) is 0 Å². The highest BCUT2D eigenvalue weighted by atomic mass is 32.1. The zero-order valence-electron chi connectivity index (χ0n) is 24.2. The second-order valence-corrected chi connectivity index (χ2v) is 12.2. The van der Waals surface area contributed by atoms with Gasteiger partial charge >= 0.3 is 11.9 Å². The third-order valence-electron chi connectivity index (χ3n) is 8.43. The number of aryl methyl sites for hydroxylation is 1. The first-order valence-corrected chi connectivity index (χ1v) is 15.0. The van der Waals surface area contributed by atoms with E-state index in [0.29, 0.717) is 29.1 Å². The minimum atomic E-state index is -0.526. The average Bonchev–Trinajstić information content (AvgIpc) is 3.43. The van der Waals surface area contributed by atoms with Crippen LogP contribution in [-0.2, 0) is 24.5 Å². The van der Waals surface area contributed by atoms with Gasteiger partial charge in [-0.15, -0.1) is 11.3 Å². The Balaban J connectivity index is 1.27. The molecular weight excluding hydrogens is 532 g/mol. The number of thiophene rings is 1. The number of nitrogens with one attached hydrogen (secondary N) is 1. The summed E-state index contributed by atoms with van der Waals surface area (Å²) in [5, 5.41) is 3.21. The lowest BCUT2D eigenvalue weighted by atomic mass is 9.68. The van der Waals surface area contributed by atoms with Crippen molar-refractivity contribution in [3.05, 3.63) is 116 Å². The molecule has 7 heteroatoms. The lowest BCUT2D eigenvalue weighted by Crippen LogP contribution is -2.44. The first-order valence-electron chi connectivity index (χ1n) is 14.2. The van der Waals surface area contributed by atoms with Gasteiger partial charge in [0, 0.05) is 33.1 Å². The van der Waals surface area contributed by atoms with E-state index in [-0.39, 0.29) is 12.0 Å². The van der Waals surface area contributed by atoms with Crippen molar-refractivity contribution in [3.8, 4) is 0 Å². The van der Waals surface area contributed by atoms with Crippen LogP contribution >= 0.6 is 11.3 Å². The summed E-state index contributed by atoms with van der Waals surface area (Å²) in [6.45, 7) is 8.48. The maximum absolute atomic E-state index is 13.6. The van der Waals surface area contributed by atoms with Gasteiger partial charge in [-0.05, 0) is 70.0 Å². The van der Waals surface area contributed by atoms with Crippen LogP contribution in [-0.4, -0.2) is 50.2 Å². The summed E-state index contributed by atoms with van der Waals surface area (Å²) < 4.78 is 11.0. The molecule has 2 aliphatic rings. The van der Waals surface area contributed by atoms with E-state index < -0.39 is 17.9 Å². The zero-order valence-corrected chi connectivity index (χ0v) is 25.1. The van der Waals surface area contributed by atoms with E-state index in [1.807, 2.05) is 32.9 Å². The van der Waals surface area contributed by atoms with Gasteiger partial charge in [-0.1, -0.05) is 60.7 Å². The number of nitrogens with zero attached hydrogens (tertiary/aromatic N) is 1. The van der Waals surface area contributed by atoms with Crippen LogP contribution in [0.1, 0.15) is 53.5 Å². The molecule has 0 saturated carbocycles. The first kappa shape index (κ1) is 28.8. The fourth-order valence-corrected chi connectivity index (χ4v) is 7.30. The van der Waals surface area contributed by atoms with Gasteiger partial charge in [0.05, 0.1) is 24.2 Å². The van der Waals surface area contributed by atoms with Crippen LogP contribution in [0.3, 0.4) is 0 Å². The highest BCUT2D eigenvalue weighted by Crippen LogP contribution is 2.43. The number of rotatable bonds is 8. The van der Waals surface area contributed by atoms with E-state index in [9.17, 15) is 9.59 Å². The molecule has 2 aromatic carbocycles. The molecule has 2 aliphatic heterocycles. The van der Waals surface area contributed by atoms with Crippen LogP contribution in [0.25, 0.3) is 0 Å². The van der Waals surface area contributed by atoms with Gasteiger partial charge in [-0.3, -0.25) is 4.90 Å². The van der Waals surface area contributed by atoms with Crippen molar-refractivity contribution in [1.29, 1.82) is 0 Å². The fourth-order valence-electron chi connectivity index (χ4n) is 6.30. The Labute approximate surface area is 246 Å². The van der Waals surface area contributed by atoms with Gasteiger partial charge in [0.2, 0.25) is 0 Å². The predicted molar refractivity (Wildman–Crippen MR) is 163 cm³/mol. The Morgan fingerprint density at radius 2 is 1.41 bits per heavy atom. The molecule has 0 bridgehead atoms. The van der Waals surface area contributed by atoms with Crippen LogP contribution in [0.2, 0.25) is 0 Å². The quantitative estimate of drug-likeness (QED) is 0.331. The maximum Gasteiger partial charge on any atom is 0.336 e. The van der Waals surface area contributed by atoms with Crippen molar-refractivity contribution >= 4 is 23.3 Å². The summed E-state index contributed by atoms with van der Waals surface area (Å²) in [6, 6.07) is 25.6. The van der Waals surface area contributed by atoms with Crippen LogP contribution in [0.5, 0.6) is 0 Å². The number of methoxy groups -OCH3 is 1. The van der Waals surface area contributed by atoms with Crippen molar-refractivity contribution < 1.29 is 19.1 Å². The van der Waals surface area contributed by atoms with Crippen molar-refractivity contribution in [1.82, 2.24) is 10.2 Å². The van der Waals surface area contributed by atoms with Gasteiger partial charge in [-0.25, -0.2) is 9.59 Å². The number of dihydropyridines is 1. The Hall–Kier alpha value is -3.68. The molecule has 6 nitrogen and oxygen atoms in total. The van der Waals surface area contributed by atoms with Crippen molar-refractivity contribution in [2.75, 3.05) is 33.4 Å². The monoisotopic (exact) mass is 570 g/mol. The van der Waals surface area contributed by atoms with E-state index in [0.717, 1.165) is 35.7 Å². The van der Waals surface area contributed by atoms with Gasteiger partial charge in [0.1, 0.15) is 6.61 Å². The number of piperidine rings is 1. The number of hydrogen-bond acceptors (Lipinski definition) is 7. The number of benzene rings is 2. The number of carbonyl (C=O) groups excluding carboxylic acids is 2. The molecule has 0 aliphatic carbocycles. The topological polar surface area (TPSA) is 67.9 Å². The molecule has 3 aromatic rings.